The van der Waals surface area contributed by atoms with Gasteiger partial charge in [-0.1, -0.05) is 30.3 Å². The van der Waals surface area contributed by atoms with Crippen molar-refractivity contribution in [2.24, 2.45) is 23.7 Å². The van der Waals surface area contributed by atoms with Crippen LogP contribution in [0.15, 0.2) is 30.3 Å². The Hall–Kier alpha value is -0.550. The Morgan fingerprint density at radius 2 is 1.67 bits per heavy atom. The fourth-order valence-electron chi connectivity index (χ4n) is 5.25. The molecule has 2 saturated heterocycles. The molecule has 1 aromatic rings. The third-order valence-corrected chi connectivity index (χ3v) is 9.88. The number of rotatable bonds is 1. The van der Waals surface area contributed by atoms with Crippen LogP contribution in [0.5, 0.6) is 0 Å². The Balaban J connectivity index is 1.70. The molecule has 0 aromatic heterocycles. The van der Waals surface area contributed by atoms with Gasteiger partial charge in [0.15, 0.2) is 0 Å². The Morgan fingerprint density at radius 3 is 2.20 bits per heavy atom. The van der Waals surface area contributed by atoms with Crippen LogP contribution in [0.4, 0.5) is 0 Å². The Morgan fingerprint density at radius 1 is 1.00 bits per heavy atom. The minimum atomic E-state index is -1.94. The first kappa shape index (κ1) is 7.68. The van der Waals surface area contributed by atoms with E-state index in [1.165, 1.54) is 11.7 Å². The van der Waals surface area contributed by atoms with Gasteiger partial charge in [0, 0.05) is 16.6 Å². The summed E-state index contributed by atoms with van der Waals surface area (Å²) in [4.78, 5) is 0. The molecule has 6 aliphatic rings. The van der Waals surface area contributed by atoms with Gasteiger partial charge >= 0.3 is 0 Å². The van der Waals surface area contributed by atoms with Gasteiger partial charge in [-0.3, -0.25) is 0 Å². The van der Waals surface area contributed by atoms with Crippen molar-refractivity contribution in [2.75, 3.05) is 0 Å². The molecule has 4 unspecified atom stereocenters. The van der Waals surface area contributed by atoms with Gasteiger partial charge in [-0.15, -0.1) is 0 Å². The van der Waals surface area contributed by atoms with Crippen LogP contribution in [0, 0.1) is 23.7 Å². The molecule has 4 aliphatic carbocycles. The zero-order chi connectivity index (χ0) is 9.78. The lowest BCUT2D eigenvalue weighted by molar-refractivity contribution is 0.481. The van der Waals surface area contributed by atoms with Crippen LogP contribution < -0.4 is 5.30 Å². The maximum absolute atomic E-state index is 13.1. The summed E-state index contributed by atoms with van der Waals surface area (Å²) in [5.74, 6) is 3.67. The molecule has 2 heteroatoms. The van der Waals surface area contributed by atoms with E-state index in [4.69, 9.17) is 0 Å². The topological polar surface area (TPSA) is 17.1 Å². The molecule has 0 N–H and O–H groups in total. The van der Waals surface area contributed by atoms with Gasteiger partial charge in [-0.2, -0.15) is 0 Å². The summed E-state index contributed by atoms with van der Waals surface area (Å²) < 4.78 is 13.1. The van der Waals surface area contributed by atoms with Crippen LogP contribution in [-0.4, -0.2) is 11.3 Å². The van der Waals surface area contributed by atoms with Gasteiger partial charge in [-0.25, -0.2) is 0 Å². The summed E-state index contributed by atoms with van der Waals surface area (Å²) >= 11 is 0. The Labute approximate surface area is 89.3 Å². The lowest BCUT2D eigenvalue weighted by atomic mass is 10.1. The van der Waals surface area contributed by atoms with Crippen molar-refractivity contribution < 1.29 is 4.57 Å². The van der Waals surface area contributed by atoms with Crippen LogP contribution >= 0.6 is 7.14 Å². The molecular formula is C13H13OP. The summed E-state index contributed by atoms with van der Waals surface area (Å²) in [6.45, 7) is 0. The first-order valence-corrected chi connectivity index (χ1v) is 7.83. The summed E-state index contributed by atoms with van der Waals surface area (Å²) in [5.41, 5.74) is 1.25. The third kappa shape index (κ3) is 0.573. The van der Waals surface area contributed by atoms with Gasteiger partial charge in [0.05, 0.1) is 0 Å². The quantitative estimate of drug-likeness (QED) is 0.658. The molecular weight excluding hydrogens is 203 g/mol. The fraction of sp³-hybridized carbons (Fsp3) is 0.538. The molecule has 4 saturated carbocycles. The first-order chi connectivity index (χ1) is 7.33. The molecule has 1 aromatic carbocycles. The maximum Gasteiger partial charge on any atom is 0.122 e. The number of hydrogen-bond acceptors (Lipinski definition) is 1. The van der Waals surface area contributed by atoms with Crippen molar-refractivity contribution in [2.45, 2.75) is 17.7 Å². The normalized spacial score (nSPS) is 61.6. The van der Waals surface area contributed by atoms with Crippen molar-refractivity contribution in [1.82, 2.24) is 0 Å². The van der Waals surface area contributed by atoms with Crippen LogP contribution in [0.1, 0.15) is 6.42 Å². The highest BCUT2D eigenvalue weighted by Gasteiger charge is 2.87. The van der Waals surface area contributed by atoms with Crippen LogP contribution in [0.2, 0.25) is 0 Å². The van der Waals surface area contributed by atoms with E-state index in [2.05, 4.69) is 12.1 Å². The lowest BCUT2D eigenvalue weighted by Gasteiger charge is -2.43. The average Bonchev–Trinajstić information content (AvgIpc) is 2.70. The standard InChI is InChI=1S/C13H13OP/c14-15(7-4-2-1-3-5-7)12-9-6-8-10(12)11(8)13(9)15/h1-5,8-13H,6H2. The predicted molar refractivity (Wildman–Crippen MR) is 59.8 cm³/mol. The van der Waals surface area contributed by atoms with E-state index in [1.54, 1.807) is 0 Å². The molecule has 0 radical (unpaired) electrons. The maximum atomic E-state index is 13.1. The Kier molecular flexibility index (Phi) is 1.01. The summed E-state index contributed by atoms with van der Waals surface area (Å²) in [5, 5.41) is 1.18. The van der Waals surface area contributed by atoms with Crippen molar-refractivity contribution >= 4 is 12.4 Å². The van der Waals surface area contributed by atoms with Gasteiger partial charge in [0.1, 0.15) is 7.14 Å². The molecule has 15 heavy (non-hydrogen) atoms. The molecule has 0 amide bonds. The van der Waals surface area contributed by atoms with Crippen molar-refractivity contribution in [1.29, 1.82) is 0 Å². The highest BCUT2D eigenvalue weighted by Crippen LogP contribution is 2.94. The predicted octanol–water partition coefficient (Wildman–Crippen LogP) is 2.32. The number of hydrogen-bond donors (Lipinski definition) is 0. The second-order valence-corrected chi connectivity index (χ2v) is 8.87. The SMILES string of the molecule is O=P1(c2ccccc2)C2C3CC4C2C4C31. The van der Waals surface area contributed by atoms with Gasteiger partial charge in [-0.05, 0) is 30.1 Å². The highest BCUT2D eigenvalue weighted by molar-refractivity contribution is 7.75. The minimum Gasteiger partial charge on any atom is -0.318 e. The molecule has 1 nitrogen and oxygen atoms in total. The van der Waals surface area contributed by atoms with Crippen molar-refractivity contribution in [3.05, 3.63) is 30.3 Å². The minimum absolute atomic E-state index is 0.625. The van der Waals surface area contributed by atoms with E-state index in [9.17, 15) is 4.57 Å². The summed E-state index contributed by atoms with van der Waals surface area (Å²) in [6, 6.07) is 10.3. The van der Waals surface area contributed by atoms with E-state index in [0.717, 1.165) is 23.7 Å². The smallest absolute Gasteiger partial charge is 0.122 e. The van der Waals surface area contributed by atoms with Crippen molar-refractivity contribution in [3.8, 4) is 0 Å². The monoisotopic (exact) mass is 216 g/mol. The average molecular weight is 216 g/mol. The summed E-state index contributed by atoms with van der Waals surface area (Å²) in [7, 11) is -1.94. The molecule has 4 atom stereocenters. The fourth-order valence-corrected chi connectivity index (χ4v) is 10.3. The number of benzene rings is 1. The molecule has 6 fully saturated rings. The van der Waals surface area contributed by atoms with E-state index in [1.807, 2.05) is 18.2 Å². The Bertz CT molecular complexity index is 483. The largest absolute Gasteiger partial charge is 0.318 e. The highest BCUT2D eigenvalue weighted by atomic mass is 31.2. The van der Waals surface area contributed by atoms with E-state index in [0.29, 0.717) is 11.3 Å². The molecule has 2 heterocycles. The first-order valence-electron chi connectivity index (χ1n) is 5.98. The van der Waals surface area contributed by atoms with Gasteiger partial charge in [0.25, 0.3) is 0 Å². The molecule has 2 aliphatic heterocycles. The van der Waals surface area contributed by atoms with Gasteiger partial charge in [0.2, 0.25) is 0 Å². The molecule has 6 bridgehead atoms. The lowest BCUT2D eigenvalue weighted by Crippen LogP contribution is -2.40. The van der Waals surface area contributed by atoms with E-state index in [-0.39, 0.29) is 0 Å². The molecule has 76 valence electrons. The van der Waals surface area contributed by atoms with Crippen molar-refractivity contribution in [3.63, 3.8) is 0 Å². The van der Waals surface area contributed by atoms with Crippen LogP contribution in [0.25, 0.3) is 0 Å². The van der Waals surface area contributed by atoms with Crippen LogP contribution in [0.3, 0.4) is 0 Å². The summed E-state index contributed by atoms with van der Waals surface area (Å²) in [6.07, 6.45) is 1.42. The second kappa shape index (κ2) is 1.98. The molecule has 0 spiro atoms. The van der Waals surface area contributed by atoms with Crippen LogP contribution in [-0.2, 0) is 4.57 Å². The zero-order valence-electron chi connectivity index (χ0n) is 8.41. The molecule has 7 rings (SSSR count). The van der Waals surface area contributed by atoms with E-state index >= 15 is 0 Å². The van der Waals surface area contributed by atoms with Gasteiger partial charge < -0.3 is 4.57 Å². The zero-order valence-corrected chi connectivity index (χ0v) is 9.31. The third-order valence-electron chi connectivity index (χ3n) is 5.55. The second-order valence-electron chi connectivity index (χ2n) is 5.74. The van der Waals surface area contributed by atoms with E-state index < -0.39 is 7.14 Å².